The third-order valence-electron chi connectivity index (χ3n) is 4.26. The van der Waals surface area contributed by atoms with E-state index in [1.54, 1.807) is 16.5 Å². The van der Waals surface area contributed by atoms with E-state index in [-0.39, 0.29) is 12.5 Å². The van der Waals surface area contributed by atoms with Crippen molar-refractivity contribution in [3.05, 3.63) is 63.3 Å². The van der Waals surface area contributed by atoms with Crippen LogP contribution in [0.3, 0.4) is 0 Å². The first-order valence-corrected chi connectivity index (χ1v) is 9.99. The summed E-state index contributed by atoms with van der Waals surface area (Å²) in [4.78, 5) is 14.3. The molecule has 3 rings (SSSR count). The van der Waals surface area contributed by atoms with Crippen LogP contribution in [-0.2, 0) is 11.3 Å². The zero-order valence-corrected chi connectivity index (χ0v) is 18.1. The van der Waals surface area contributed by atoms with E-state index < -0.39 is 0 Å². The Bertz CT molecular complexity index is 1010. The third kappa shape index (κ3) is 5.08. The number of aromatic amines is 1. The molecule has 1 heterocycles. The van der Waals surface area contributed by atoms with E-state index in [1.807, 2.05) is 55.5 Å². The number of carbonyl (C=O) groups is 1. The zero-order valence-electron chi connectivity index (χ0n) is 15.7. The molecule has 0 spiro atoms. The minimum atomic E-state index is -0.0641. The highest BCUT2D eigenvalue weighted by atomic mass is 79.9. The van der Waals surface area contributed by atoms with E-state index in [0.29, 0.717) is 23.7 Å². The number of H-pyrrole nitrogens is 1. The summed E-state index contributed by atoms with van der Waals surface area (Å²) in [7, 11) is 1.75. The molecular formula is C20H21BrN4O2S. The van der Waals surface area contributed by atoms with Crippen LogP contribution in [0.1, 0.15) is 5.56 Å². The molecule has 0 atom stereocenters. The number of hydrogen-bond donors (Lipinski definition) is 1. The van der Waals surface area contributed by atoms with Crippen LogP contribution in [-0.4, -0.2) is 45.8 Å². The number of carbonyl (C=O) groups excluding carboxylic acids is 1. The lowest BCUT2D eigenvalue weighted by molar-refractivity contribution is -0.130. The van der Waals surface area contributed by atoms with Gasteiger partial charge >= 0.3 is 0 Å². The molecule has 0 saturated carbocycles. The van der Waals surface area contributed by atoms with Gasteiger partial charge in [-0.25, -0.2) is 0 Å². The Morgan fingerprint density at radius 3 is 2.75 bits per heavy atom. The first kappa shape index (κ1) is 20.3. The Balaban J connectivity index is 1.62. The molecular weight excluding hydrogens is 440 g/mol. The minimum absolute atomic E-state index is 0.0641. The maximum Gasteiger partial charge on any atom is 0.242 e. The van der Waals surface area contributed by atoms with Gasteiger partial charge in [0.1, 0.15) is 18.9 Å². The van der Waals surface area contributed by atoms with Gasteiger partial charge in [0, 0.05) is 17.1 Å². The van der Waals surface area contributed by atoms with Gasteiger partial charge in [0.25, 0.3) is 0 Å². The molecule has 0 aliphatic carbocycles. The summed E-state index contributed by atoms with van der Waals surface area (Å²) < 4.78 is 8.82. The van der Waals surface area contributed by atoms with Gasteiger partial charge in [0.2, 0.25) is 5.91 Å². The van der Waals surface area contributed by atoms with E-state index in [2.05, 4.69) is 26.1 Å². The Morgan fingerprint density at radius 2 is 2.04 bits per heavy atom. The van der Waals surface area contributed by atoms with Gasteiger partial charge in [-0.2, -0.15) is 5.10 Å². The molecule has 8 heteroatoms. The van der Waals surface area contributed by atoms with Crippen LogP contribution in [0.5, 0.6) is 5.75 Å². The van der Waals surface area contributed by atoms with Crippen LogP contribution in [0.2, 0.25) is 0 Å². The first-order chi connectivity index (χ1) is 13.4. The number of amides is 1. The molecule has 0 saturated heterocycles. The monoisotopic (exact) mass is 460 g/mol. The minimum Gasteiger partial charge on any atom is -0.492 e. The second-order valence-electron chi connectivity index (χ2n) is 6.43. The number of aryl methyl sites for hydroxylation is 1. The van der Waals surface area contributed by atoms with Gasteiger partial charge < -0.3 is 9.64 Å². The van der Waals surface area contributed by atoms with Crippen molar-refractivity contribution in [1.82, 2.24) is 19.7 Å². The first-order valence-electron chi connectivity index (χ1n) is 8.78. The zero-order chi connectivity index (χ0) is 20.1. The molecule has 0 aliphatic rings. The quantitative estimate of drug-likeness (QED) is 0.536. The number of ether oxygens (including phenoxy) is 1. The van der Waals surface area contributed by atoms with E-state index in [0.717, 1.165) is 21.3 Å². The standard InChI is InChI=1S/C20H21BrN4O2S/c1-14-4-3-5-15(12-14)19-22-23-20(28)25(19)13-18(26)24(2)10-11-27-17-8-6-16(21)7-9-17/h3-9,12H,10-11,13H2,1-2H3,(H,23,28). The third-order valence-corrected chi connectivity index (χ3v) is 5.10. The van der Waals surface area contributed by atoms with Crippen molar-refractivity contribution in [2.45, 2.75) is 13.5 Å². The van der Waals surface area contributed by atoms with Crippen LogP contribution < -0.4 is 4.74 Å². The fraction of sp³-hybridized carbons (Fsp3) is 0.250. The van der Waals surface area contributed by atoms with Crippen LogP contribution >= 0.6 is 28.1 Å². The molecule has 1 amide bonds. The highest BCUT2D eigenvalue weighted by Gasteiger charge is 2.15. The van der Waals surface area contributed by atoms with Crippen molar-refractivity contribution in [1.29, 1.82) is 0 Å². The van der Waals surface area contributed by atoms with E-state index in [1.165, 1.54) is 0 Å². The molecule has 1 aromatic heterocycles. The van der Waals surface area contributed by atoms with E-state index in [9.17, 15) is 4.79 Å². The maximum absolute atomic E-state index is 12.7. The van der Waals surface area contributed by atoms with Crippen LogP contribution in [0.25, 0.3) is 11.4 Å². The summed E-state index contributed by atoms with van der Waals surface area (Å²) in [5.74, 6) is 1.36. The van der Waals surface area contributed by atoms with Crippen LogP contribution in [0.4, 0.5) is 0 Å². The van der Waals surface area contributed by atoms with Crippen molar-refractivity contribution in [2.24, 2.45) is 0 Å². The summed E-state index contributed by atoms with van der Waals surface area (Å²) >= 11 is 8.71. The van der Waals surface area contributed by atoms with Gasteiger partial charge in [0.15, 0.2) is 10.6 Å². The largest absolute Gasteiger partial charge is 0.492 e. The van der Waals surface area contributed by atoms with Crippen molar-refractivity contribution in [3.8, 4) is 17.1 Å². The topological polar surface area (TPSA) is 63.2 Å². The SMILES string of the molecule is Cc1cccc(-c2n[nH]c(=S)n2CC(=O)N(C)CCOc2ccc(Br)cc2)c1. The average Bonchev–Trinajstić information content (AvgIpc) is 3.03. The molecule has 0 radical (unpaired) electrons. The molecule has 6 nitrogen and oxygen atoms in total. The van der Waals surface area contributed by atoms with Crippen molar-refractivity contribution in [2.75, 3.05) is 20.2 Å². The number of aromatic nitrogens is 3. The second-order valence-corrected chi connectivity index (χ2v) is 7.73. The molecule has 28 heavy (non-hydrogen) atoms. The Hall–Kier alpha value is -2.45. The molecule has 1 N–H and O–H groups in total. The van der Waals surface area contributed by atoms with E-state index in [4.69, 9.17) is 17.0 Å². The summed E-state index contributed by atoms with van der Waals surface area (Å²) in [6.07, 6.45) is 0. The molecule has 0 aliphatic heterocycles. The predicted molar refractivity (Wildman–Crippen MR) is 115 cm³/mol. The van der Waals surface area contributed by atoms with Crippen LogP contribution in [0, 0.1) is 11.7 Å². The lowest BCUT2D eigenvalue weighted by Gasteiger charge is -2.18. The number of halogens is 1. The molecule has 2 aromatic carbocycles. The van der Waals surface area contributed by atoms with Crippen molar-refractivity contribution < 1.29 is 9.53 Å². The Morgan fingerprint density at radius 1 is 1.29 bits per heavy atom. The van der Waals surface area contributed by atoms with Gasteiger partial charge in [-0.3, -0.25) is 14.5 Å². The number of benzene rings is 2. The fourth-order valence-corrected chi connectivity index (χ4v) is 3.14. The average molecular weight is 461 g/mol. The van der Waals surface area contributed by atoms with Gasteiger partial charge in [-0.15, -0.1) is 0 Å². The number of likely N-dealkylation sites (N-methyl/N-ethyl adjacent to an activating group) is 1. The maximum atomic E-state index is 12.7. The summed E-state index contributed by atoms with van der Waals surface area (Å²) in [5.41, 5.74) is 2.04. The summed E-state index contributed by atoms with van der Waals surface area (Å²) in [5, 5.41) is 7.08. The highest BCUT2D eigenvalue weighted by Crippen LogP contribution is 2.19. The second kappa shape index (κ2) is 9.16. The number of hydrogen-bond acceptors (Lipinski definition) is 4. The lowest BCUT2D eigenvalue weighted by Crippen LogP contribution is -2.33. The number of nitrogens with zero attached hydrogens (tertiary/aromatic N) is 3. The van der Waals surface area contributed by atoms with E-state index >= 15 is 0 Å². The molecule has 0 unspecified atom stereocenters. The van der Waals surface area contributed by atoms with Crippen LogP contribution in [0.15, 0.2) is 53.0 Å². The van der Waals surface area contributed by atoms with Crippen molar-refractivity contribution in [3.63, 3.8) is 0 Å². The summed E-state index contributed by atoms with van der Waals surface area (Å²) in [6, 6.07) is 15.5. The van der Waals surface area contributed by atoms with Gasteiger partial charge in [-0.05, 0) is 49.5 Å². The molecule has 0 fully saturated rings. The fourth-order valence-electron chi connectivity index (χ4n) is 2.68. The Labute approximate surface area is 177 Å². The lowest BCUT2D eigenvalue weighted by atomic mass is 10.1. The van der Waals surface area contributed by atoms with Crippen molar-refractivity contribution >= 4 is 34.1 Å². The summed E-state index contributed by atoms with van der Waals surface area (Å²) in [6.45, 7) is 3.01. The number of rotatable bonds is 7. The molecule has 146 valence electrons. The molecule has 0 bridgehead atoms. The van der Waals surface area contributed by atoms with Gasteiger partial charge in [0.05, 0.1) is 6.54 Å². The molecule has 3 aromatic rings. The van der Waals surface area contributed by atoms with Gasteiger partial charge in [-0.1, -0.05) is 39.7 Å². The normalized spacial score (nSPS) is 10.7. The highest BCUT2D eigenvalue weighted by molar-refractivity contribution is 9.10. The number of nitrogens with one attached hydrogen (secondary N) is 1. The Kier molecular flexibility index (Phi) is 6.64. The predicted octanol–water partition coefficient (Wildman–Crippen LogP) is 4.22. The smallest absolute Gasteiger partial charge is 0.242 e.